The highest BCUT2D eigenvalue weighted by atomic mass is 16.5. The quantitative estimate of drug-likeness (QED) is 0.743. The standard InChI is InChI=1S/C8H15N3O/c1-5(2)4-7(9)8-10-6(3)12-11-8/h5,7H,4,9H2,1-3H3/t7-/m0/s1. The number of nitrogens with zero attached hydrogens (tertiary/aromatic N) is 2. The summed E-state index contributed by atoms with van der Waals surface area (Å²) in [5, 5.41) is 3.76. The summed E-state index contributed by atoms with van der Waals surface area (Å²) >= 11 is 0. The van der Waals surface area contributed by atoms with Gasteiger partial charge in [-0.2, -0.15) is 4.98 Å². The molecular formula is C8H15N3O. The number of rotatable bonds is 3. The summed E-state index contributed by atoms with van der Waals surface area (Å²) in [6.07, 6.45) is 0.888. The van der Waals surface area contributed by atoms with Gasteiger partial charge in [0.05, 0.1) is 6.04 Å². The Morgan fingerprint density at radius 1 is 1.50 bits per heavy atom. The topological polar surface area (TPSA) is 64.9 Å². The number of aryl methyl sites for hydroxylation is 1. The second kappa shape index (κ2) is 3.67. The molecule has 0 radical (unpaired) electrons. The van der Waals surface area contributed by atoms with Gasteiger partial charge in [-0.15, -0.1) is 0 Å². The molecule has 0 fully saturated rings. The van der Waals surface area contributed by atoms with Crippen LogP contribution in [0.2, 0.25) is 0 Å². The Kier molecular flexibility index (Phi) is 2.81. The molecule has 0 spiro atoms. The first kappa shape index (κ1) is 9.19. The van der Waals surface area contributed by atoms with Gasteiger partial charge in [0, 0.05) is 6.92 Å². The van der Waals surface area contributed by atoms with Crippen molar-refractivity contribution in [2.75, 3.05) is 0 Å². The van der Waals surface area contributed by atoms with Gasteiger partial charge < -0.3 is 10.3 Å². The fourth-order valence-corrected chi connectivity index (χ4v) is 1.08. The van der Waals surface area contributed by atoms with Crippen molar-refractivity contribution in [3.05, 3.63) is 11.7 Å². The largest absolute Gasteiger partial charge is 0.340 e. The van der Waals surface area contributed by atoms with Crippen molar-refractivity contribution in [3.63, 3.8) is 0 Å². The smallest absolute Gasteiger partial charge is 0.223 e. The zero-order valence-corrected chi connectivity index (χ0v) is 7.74. The lowest BCUT2D eigenvalue weighted by molar-refractivity contribution is 0.377. The van der Waals surface area contributed by atoms with Gasteiger partial charge in [-0.3, -0.25) is 0 Å². The molecule has 0 saturated heterocycles. The van der Waals surface area contributed by atoms with Crippen LogP contribution in [0.1, 0.15) is 38.0 Å². The van der Waals surface area contributed by atoms with Gasteiger partial charge >= 0.3 is 0 Å². The Labute approximate surface area is 72.1 Å². The minimum atomic E-state index is -0.0950. The normalized spacial score (nSPS) is 13.8. The predicted molar refractivity (Wildman–Crippen MR) is 45.4 cm³/mol. The van der Waals surface area contributed by atoms with Crippen molar-refractivity contribution in [3.8, 4) is 0 Å². The minimum absolute atomic E-state index is 0.0950. The summed E-state index contributed by atoms with van der Waals surface area (Å²) in [5.74, 6) is 1.74. The van der Waals surface area contributed by atoms with Crippen LogP contribution in [-0.4, -0.2) is 10.1 Å². The van der Waals surface area contributed by atoms with Crippen LogP contribution in [0.3, 0.4) is 0 Å². The molecule has 0 bridgehead atoms. The van der Waals surface area contributed by atoms with Crippen LogP contribution in [0.4, 0.5) is 0 Å². The molecule has 68 valence electrons. The van der Waals surface area contributed by atoms with Crippen LogP contribution in [0, 0.1) is 12.8 Å². The first-order valence-corrected chi connectivity index (χ1v) is 4.15. The molecule has 1 rings (SSSR count). The Bertz CT molecular complexity index is 244. The Balaban J connectivity index is 2.58. The van der Waals surface area contributed by atoms with Crippen LogP contribution in [0.5, 0.6) is 0 Å². The number of hydrogen-bond donors (Lipinski definition) is 1. The third-order valence-corrected chi connectivity index (χ3v) is 1.60. The SMILES string of the molecule is Cc1nc([C@@H](N)CC(C)C)no1. The van der Waals surface area contributed by atoms with E-state index < -0.39 is 0 Å². The molecule has 4 heteroatoms. The van der Waals surface area contributed by atoms with Gasteiger partial charge in [0.15, 0.2) is 5.82 Å². The molecule has 1 aromatic rings. The molecule has 0 unspecified atom stereocenters. The van der Waals surface area contributed by atoms with Gasteiger partial charge in [-0.25, -0.2) is 0 Å². The van der Waals surface area contributed by atoms with Crippen molar-refractivity contribution in [1.29, 1.82) is 0 Å². The second-order valence-corrected chi connectivity index (χ2v) is 3.41. The molecule has 1 aromatic heterocycles. The Morgan fingerprint density at radius 3 is 2.58 bits per heavy atom. The summed E-state index contributed by atoms with van der Waals surface area (Å²) in [5.41, 5.74) is 5.82. The van der Waals surface area contributed by atoms with Crippen molar-refractivity contribution < 1.29 is 4.52 Å². The highest BCUT2D eigenvalue weighted by Gasteiger charge is 2.13. The lowest BCUT2D eigenvalue weighted by Crippen LogP contribution is -2.14. The minimum Gasteiger partial charge on any atom is -0.340 e. The number of hydrogen-bond acceptors (Lipinski definition) is 4. The molecule has 1 heterocycles. The molecule has 0 amide bonds. The average Bonchev–Trinajstić information content (AvgIpc) is 2.34. The van der Waals surface area contributed by atoms with E-state index in [0.717, 1.165) is 6.42 Å². The third kappa shape index (κ3) is 2.30. The van der Waals surface area contributed by atoms with Gasteiger partial charge in [0.1, 0.15) is 0 Å². The van der Waals surface area contributed by atoms with Crippen molar-refractivity contribution >= 4 is 0 Å². The van der Waals surface area contributed by atoms with Gasteiger partial charge in [-0.1, -0.05) is 19.0 Å². The predicted octanol–water partition coefficient (Wildman–Crippen LogP) is 1.42. The summed E-state index contributed by atoms with van der Waals surface area (Å²) in [6, 6.07) is -0.0950. The van der Waals surface area contributed by atoms with E-state index >= 15 is 0 Å². The van der Waals surface area contributed by atoms with E-state index in [4.69, 9.17) is 10.3 Å². The maximum Gasteiger partial charge on any atom is 0.223 e. The summed E-state index contributed by atoms with van der Waals surface area (Å²) in [7, 11) is 0. The Hall–Kier alpha value is -0.900. The fraction of sp³-hybridized carbons (Fsp3) is 0.750. The van der Waals surface area contributed by atoms with Crippen LogP contribution < -0.4 is 5.73 Å². The molecule has 2 N–H and O–H groups in total. The Morgan fingerprint density at radius 2 is 2.17 bits per heavy atom. The highest BCUT2D eigenvalue weighted by Crippen LogP contribution is 2.15. The lowest BCUT2D eigenvalue weighted by atomic mass is 10.0. The van der Waals surface area contributed by atoms with E-state index in [1.54, 1.807) is 6.92 Å². The van der Waals surface area contributed by atoms with E-state index in [2.05, 4.69) is 24.0 Å². The molecule has 0 aliphatic carbocycles. The summed E-state index contributed by atoms with van der Waals surface area (Å²) in [6.45, 7) is 6.00. The summed E-state index contributed by atoms with van der Waals surface area (Å²) < 4.78 is 4.83. The van der Waals surface area contributed by atoms with Crippen molar-refractivity contribution in [1.82, 2.24) is 10.1 Å². The molecule has 0 aliphatic heterocycles. The lowest BCUT2D eigenvalue weighted by Gasteiger charge is -2.08. The van der Waals surface area contributed by atoms with Crippen LogP contribution in [0.25, 0.3) is 0 Å². The average molecular weight is 169 g/mol. The van der Waals surface area contributed by atoms with E-state index in [0.29, 0.717) is 17.6 Å². The van der Waals surface area contributed by atoms with Crippen LogP contribution in [0.15, 0.2) is 4.52 Å². The van der Waals surface area contributed by atoms with E-state index in [1.807, 2.05) is 0 Å². The fourth-order valence-electron chi connectivity index (χ4n) is 1.08. The van der Waals surface area contributed by atoms with Crippen LogP contribution >= 0.6 is 0 Å². The van der Waals surface area contributed by atoms with Crippen LogP contribution in [-0.2, 0) is 0 Å². The summed E-state index contributed by atoms with van der Waals surface area (Å²) in [4.78, 5) is 4.06. The van der Waals surface area contributed by atoms with E-state index in [-0.39, 0.29) is 6.04 Å². The molecular weight excluding hydrogens is 154 g/mol. The number of aromatic nitrogens is 2. The highest BCUT2D eigenvalue weighted by molar-refractivity contribution is 4.91. The molecule has 0 aliphatic rings. The molecule has 4 nitrogen and oxygen atoms in total. The van der Waals surface area contributed by atoms with Crippen molar-refractivity contribution in [2.45, 2.75) is 33.2 Å². The van der Waals surface area contributed by atoms with E-state index in [1.165, 1.54) is 0 Å². The first-order valence-electron chi connectivity index (χ1n) is 4.15. The second-order valence-electron chi connectivity index (χ2n) is 3.41. The molecule has 1 atom stereocenters. The maximum atomic E-state index is 5.82. The molecule has 0 aromatic carbocycles. The zero-order chi connectivity index (χ0) is 9.14. The van der Waals surface area contributed by atoms with Gasteiger partial charge in [0.2, 0.25) is 5.89 Å². The number of nitrogens with two attached hydrogens (primary N) is 1. The monoisotopic (exact) mass is 169 g/mol. The maximum absolute atomic E-state index is 5.82. The third-order valence-electron chi connectivity index (χ3n) is 1.60. The van der Waals surface area contributed by atoms with Crippen molar-refractivity contribution in [2.24, 2.45) is 11.7 Å². The zero-order valence-electron chi connectivity index (χ0n) is 7.74. The molecule has 12 heavy (non-hydrogen) atoms. The van der Waals surface area contributed by atoms with E-state index in [9.17, 15) is 0 Å². The first-order chi connectivity index (χ1) is 5.59. The van der Waals surface area contributed by atoms with Gasteiger partial charge in [0.25, 0.3) is 0 Å². The molecule has 0 saturated carbocycles. The van der Waals surface area contributed by atoms with Gasteiger partial charge in [-0.05, 0) is 12.3 Å².